The van der Waals surface area contributed by atoms with Gasteiger partial charge in [0.05, 0.1) is 0 Å². The summed E-state index contributed by atoms with van der Waals surface area (Å²) in [5.74, 6) is 0.892. The molecule has 0 radical (unpaired) electrons. The van der Waals surface area contributed by atoms with Gasteiger partial charge in [-0.2, -0.15) is 0 Å². The molecular formula is C11H17NS. The van der Waals surface area contributed by atoms with Gasteiger partial charge in [0.25, 0.3) is 0 Å². The molecule has 13 heavy (non-hydrogen) atoms. The summed E-state index contributed by atoms with van der Waals surface area (Å²) in [4.78, 5) is 2.94. The fourth-order valence-electron chi connectivity index (χ4n) is 2.00. The Morgan fingerprint density at radius 2 is 2.23 bits per heavy atom. The molecule has 1 aliphatic carbocycles. The number of hydrogen-bond donors (Lipinski definition) is 1. The van der Waals surface area contributed by atoms with E-state index in [2.05, 4.69) is 31.4 Å². The van der Waals surface area contributed by atoms with Crippen molar-refractivity contribution in [3.63, 3.8) is 0 Å². The summed E-state index contributed by atoms with van der Waals surface area (Å²) >= 11 is 1.94. The summed E-state index contributed by atoms with van der Waals surface area (Å²) in [6.07, 6.45) is 4.23. The number of nitrogens with one attached hydrogen (secondary N) is 1. The molecule has 0 bridgehead atoms. The van der Waals surface area contributed by atoms with Crippen LogP contribution in [0.4, 0.5) is 0 Å². The van der Waals surface area contributed by atoms with Gasteiger partial charge in [-0.1, -0.05) is 6.42 Å². The van der Waals surface area contributed by atoms with Gasteiger partial charge in [0.15, 0.2) is 0 Å². The van der Waals surface area contributed by atoms with E-state index >= 15 is 0 Å². The Morgan fingerprint density at radius 3 is 2.62 bits per heavy atom. The van der Waals surface area contributed by atoms with E-state index in [1.165, 1.54) is 29.0 Å². The molecule has 1 aliphatic rings. The van der Waals surface area contributed by atoms with Gasteiger partial charge in [-0.05, 0) is 44.9 Å². The molecule has 1 heterocycles. The van der Waals surface area contributed by atoms with Crippen LogP contribution in [0.1, 0.15) is 35.1 Å². The van der Waals surface area contributed by atoms with Crippen molar-refractivity contribution in [3.8, 4) is 0 Å². The number of rotatable bonds is 3. The van der Waals surface area contributed by atoms with E-state index in [-0.39, 0.29) is 0 Å². The van der Waals surface area contributed by atoms with Crippen LogP contribution < -0.4 is 5.32 Å². The minimum Gasteiger partial charge on any atom is -0.312 e. The number of aryl methyl sites for hydroxylation is 1. The third kappa shape index (κ3) is 1.79. The molecule has 1 aromatic rings. The van der Waals surface area contributed by atoms with Crippen molar-refractivity contribution < 1.29 is 0 Å². The van der Waals surface area contributed by atoms with Crippen LogP contribution >= 0.6 is 11.3 Å². The van der Waals surface area contributed by atoms with Crippen LogP contribution in [0.3, 0.4) is 0 Å². The molecule has 1 aromatic heterocycles. The molecule has 2 rings (SSSR count). The van der Waals surface area contributed by atoms with Crippen molar-refractivity contribution in [1.82, 2.24) is 5.32 Å². The molecule has 0 aromatic carbocycles. The molecule has 1 unspecified atom stereocenters. The van der Waals surface area contributed by atoms with Gasteiger partial charge < -0.3 is 5.32 Å². The van der Waals surface area contributed by atoms with Crippen molar-refractivity contribution in [1.29, 1.82) is 0 Å². The Morgan fingerprint density at radius 1 is 1.46 bits per heavy atom. The standard InChI is InChI=1S/C11H17NS/c1-8-6-7-10(13-8)11(12-2)9-4-3-5-9/h6-7,9,11-12H,3-5H2,1-2H3. The van der Waals surface area contributed by atoms with E-state index in [9.17, 15) is 0 Å². The van der Waals surface area contributed by atoms with E-state index in [0.29, 0.717) is 6.04 Å². The highest BCUT2D eigenvalue weighted by Gasteiger charge is 2.27. The fourth-order valence-corrected chi connectivity index (χ4v) is 3.09. The lowest BCUT2D eigenvalue weighted by Gasteiger charge is -2.33. The fraction of sp³-hybridized carbons (Fsp3) is 0.636. The van der Waals surface area contributed by atoms with E-state index in [1.54, 1.807) is 0 Å². The highest BCUT2D eigenvalue weighted by Crippen LogP contribution is 2.39. The molecule has 1 nitrogen and oxygen atoms in total. The largest absolute Gasteiger partial charge is 0.312 e. The highest BCUT2D eigenvalue weighted by atomic mass is 32.1. The predicted octanol–water partition coefficient (Wildman–Crippen LogP) is 3.12. The summed E-state index contributed by atoms with van der Waals surface area (Å²) in [6.45, 7) is 2.18. The Kier molecular flexibility index (Phi) is 2.70. The molecule has 1 atom stereocenters. The SMILES string of the molecule is CNC(c1ccc(C)s1)C1CCC1. The van der Waals surface area contributed by atoms with Crippen LogP contribution in [0.5, 0.6) is 0 Å². The molecular weight excluding hydrogens is 178 g/mol. The zero-order chi connectivity index (χ0) is 9.26. The lowest BCUT2D eigenvalue weighted by Crippen LogP contribution is -2.28. The minimum absolute atomic E-state index is 0.618. The third-order valence-corrected chi connectivity index (χ3v) is 4.08. The smallest absolute Gasteiger partial charge is 0.0441 e. The van der Waals surface area contributed by atoms with Crippen LogP contribution in [-0.2, 0) is 0 Å². The second-order valence-corrected chi connectivity index (χ2v) is 5.23. The van der Waals surface area contributed by atoms with E-state index in [0.717, 1.165) is 5.92 Å². The molecule has 2 heteroatoms. The lowest BCUT2D eigenvalue weighted by molar-refractivity contribution is 0.242. The summed E-state index contributed by atoms with van der Waals surface area (Å²) < 4.78 is 0. The van der Waals surface area contributed by atoms with Crippen LogP contribution in [0.25, 0.3) is 0 Å². The molecule has 72 valence electrons. The maximum atomic E-state index is 3.44. The van der Waals surface area contributed by atoms with Gasteiger partial charge in [0, 0.05) is 15.8 Å². The summed E-state index contributed by atoms with van der Waals surface area (Å²) in [6, 6.07) is 5.12. The second-order valence-electron chi connectivity index (χ2n) is 3.91. The Hall–Kier alpha value is -0.340. The van der Waals surface area contributed by atoms with Gasteiger partial charge >= 0.3 is 0 Å². The topological polar surface area (TPSA) is 12.0 Å². The van der Waals surface area contributed by atoms with Crippen LogP contribution in [0.2, 0.25) is 0 Å². The van der Waals surface area contributed by atoms with Crippen molar-refractivity contribution in [2.24, 2.45) is 5.92 Å². The first-order chi connectivity index (χ1) is 6.31. The van der Waals surface area contributed by atoms with Crippen LogP contribution in [0.15, 0.2) is 12.1 Å². The zero-order valence-electron chi connectivity index (χ0n) is 8.34. The molecule has 1 N–H and O–H groups in total. The first kappa shape index (κ1) is 9.22. The molecule has 0 saturated heterocycles. The average Bonchev–Trinajstić information content (AvgIpc) is 2.43. The zero-order valence-corrected chi connectivity index (χ0v) is 9.16. The van der Waals surface area contributed by atoms with Crippen molar-refractivity contribution >= 4 is 11.3 Å². The van der Waals surface area contributed by atoms with Crippen molar-refractivity contribution in [2.75, 3.05) is 7.05 Å². The van der Waals surface area contributed by atoms with E-state index in [4.69, 9.17) is 0 Å². The average molecular weight is 195 g/mol. The highest BCUT2D eigenvalue weighted by molar-refractivity contribution is 7.12. The first-order valence-corrected chi connectivity index (χ1v) is 5.86. The van der Waals surface area contributed by atoms with Gasteiger partial charge in [0.2, 0.25) is 0 Å². The maximum absolute atomic E-state index is 3.44. The van der Waals surface area contributed by atoms with Crippen molar-refractivity contribution in [2.45, 2.75) is 32.2 Å². The van der Waals surface area contributed by atoms with Gasteiger partial charge in [-0.3, -0.25) is 0 Å². The first-order valence-electron chi connectivity index (χ1n) is 5.05. The summed E-state index contributed by atoms with van der Waals surface area (Å²) in [5, 5.41) is 3.44. The molecule has 1 fully saturated rings. The Balaban J connectivity index is 2.11. The van der Waals surface area contributed by atoms with E-state index < -0.39 is 0 Å². The van der Waals surface area contributed by atoms with Gasteiger partial charge in [-0.25, -0.2) is 0 Å². The molecule has 0 spiro atoms. The third-order valence-electron chi connectivity index (χ3n) is 3.00. The van der Waals surface area contributed by atoms with Crippen LogP contribution in [0, 0.1) is 12.8 Å². The molecule has 0 amide bonds. The summed E-state index contributed by atoms with van der Waals surface area (Å²) in [5.41, 5.74) is 0. The quantitative estimate of drug-likeness (QED) is 0.781. The lowest BCUT2D eigenvalue weighted by atomic mass is 9.79. The summed E-state index contributed by atoms with van der Waals surface area (Å²) in [7, 11) is 2.08. The number of thiophene rings is 1. The number of hydrogen-bond acceptors (Lipinski definition) is 2. The normalized spacial score (nSPS) is 19.8. The second kappa shape index (κ2) is 3.81. The van der Waals surface area contributed by atoms with Gasteiger partial charge in [0.1, 0.15) is 0 Å². The Bertz CT molecular complexity index is 275. The maximum Gasteiger partial charge on any atom is 0.0441 e. The van der Waals surface area contributed by atoms with E-state index in [1.807, 2.05) is 11.3 Å². The molecule has 1 saturated carbocycles. The van der Waals surface area contributed by atoms with Crippen molar-refractivity contribution in [3.05, 3.63) is 21.9 Å². The van der Waals surface area contributed by atoms with Crippen LogP contribution in [-0.4, -0.2) is 7.05 Å². The minimum atomic E-state index is 0.618. The monoisotopic (exact) mass is 195 g/mol. The Labute approximate surface area is 84.2 Å². The molecule has 0 aliphatic heterocycles. The van der Waals surface area contributed by atoms with Gasteiger partial charge in [-0.15, -0.1) is 11.3 Å². The predicted molar refractivity (Wildman–Crippen MR) is 58.2 cm³/mol.